The van der Waals surface area contributed by atoms with Crippen LogP contribution < -0.4 is 9.47 Å². The zero-order valence-corrected chi connectivity index (χ0v) is 16.1. The van der Waals surface area contributed by atoms with Crippen LogP contribution in [-0.2, 0) is 22.5 Å². The Hall–Kier alpha value is -1.79. The summed E-state index contributed by atoms with van der Waals surface area (Å²) in [5.74, 6) is 1.68. The molecule has 0 aliphatic carbocycles. The van der Waals surface area contributed by atoms with E-state index in [1.807, 2.05) is 24.0 Å². The van der Waals surface area contributed by atoms with Gasteiger partial charge < -0.3 is 19.1 Å². The van der Waals surface area contributed by atoms with E-state index in [2.05, 4.69) is 4.90 Å². The number of carbonyl (C=O) groups is 1. The van der Waals surface area contributed by atoms with E-state index in [1.165, 1.54) is 5.56 Å². The van der Waals surface area contributed by atoms with Gasteiger partial charge in [0.25, 0.3) is 0 Å². The maximum atomic E-state index is 12.8. The Morgan fingerprint density at radius 1 is 1.08 bits per heavy atom. The van der Waals surface area contributed by atoms with Crippen LogP contribution in [0.4, 0.5) is 0 Å². The Labute approximate surface area is 156 Å². The molecule has 0 unspecified atom stereocenters. The van der Waals surface area contributed by atoms with Crippen molar-refractivity contribution >= 4 is 5.91 Å². The number of hydrogen-bond donors (Lipinski definition) is 0. The lowest BCUT2D eigenvalue weighted by atomic mass is 9.98. The average molecular weight is 362 g/mol. The highest BCUT2D eigenvalue weighted by Crippen LogP contribution is 2.33. The van der Waals surface area contributed by atoms with Crippen LogP contribution in [0.25, 0.3) is 0 Å². The molecule has 0 atom stereocenters. The van der Waals surface area contributed by atoms with E-state index in [1.54, 1.807) is 14.2 Å². The molecule has 1 fully saturated rings. The number of amides is 1. The van der Waals surface area contributed by atoms with Gasteiger partial charge in [0.05, 0.1) is 26.9 Å². The van der Waals surface area contributed by atoms with Crippen LogP contribution in [0.5, 0.6) is 11.5 Å². The lowest BCUT2D eigenvalue weighted by molar-refractivity contribution is -0.134. The molecule has 26 heavy (non-hydrogen) atoms. The fraction of sp³-hybridized carbons (Fsp3) is 0.650. The summed E-state index contributed by atoms with van der Waals surface area (Å²) in [4.78, 5) is 17.0. The van der Waals surface area contributed by atoms with E-state index < -0.39 is 0 Å². The van der Waals surface area contributed by atoms with Gasteiger partial charge in [0.1, 0.15) is 0 Å². The second-order valence-corrected chi connectivity index (χ2v) is 6.97. The molecule has 1 aromatic carbocycles. The van der Waals surface area contributed by atoms with Gasteiger partial charge in [0.15, 0.2) is 11.5 Å². The van der Waals surface area contributed by atoms with E-state index in [-0.39, 0.29) is 5.91 Å². The first kappa shape index (κ1) is 19.0. The van der Waals surface area contributed by atoms with E-state index >= 15 is 0 Å². The fourth-order valence-corrected chi connectivity index (χ4v) is 3.86. The molecule has 2 aliphatic heterocycles. The summed E-state index contributed by atoms with van der Waals surface area (Å²) in [5, 5.41) is 0. The third-order valence-corrected chi connectivity index (χ3v) is 5.37. The molecule has 3 rings (SSSR count). The highest BCUT2D eigenvalue weighted by molar-refractivity contribution is 5.78. The monoisotopic (exact) mass is 362 g/mol. The molecule has 2 heterocycles. The summed E-state index contributed by atoms with van der Waals surface area (Å²) in [6.07, 6.45) is 3.24. The van der Waals surface area contributed by atoms with Gasteiger partial charge >= 0.3 is 0 Å². The number of rotatable bonds is 6. The lowest BCUT2D eigenvalue weighted by Gasteiger charge is -2.34. The Balaban J connectivity index is 1.57. The first-order valence-corrected chi connectivity index (χ1v) is 9.50. The van der Waals surface area contributed by atoms with Gasteiger partial charge in [-0.15, -0.1) is 0 Å². The van der Waals surface area contributed by atoms with Crippen LogP contribution in [0.1, 0.15) is 30.9 Å². The summed E-state index contributed by atoms with van der Waals surface area (Å²) in [6.45, 7) is 6.58. The average Bonchev–Trinajstić information content (AvgIpc) is 2.68. The molecule has 144 valence electrons. The van der Waals surface area contributed by atoms with Crippen LogP contribution >= 0.6 is 0 Å². The minimum absolute atomic E-state index is 0.209. The number of ether oxygens (including phenoxy) is 3. The molecule has 0 bridgehead atoms. The number of likely N-dealkylation sites (tertiary alicyclic amines) is 1. The summed E-state index contributed by atoms with van der Waals surface area (Å²) in [7, 11) is 3.29. The Kier molecular flexibility index (Phi) is 6.38. The van der Waals surface area contributed by atoms with E-state index in [0.717, 1.165) is 62.6 Å². The zero-order valence-electron chi connectivity index (χ0n) is 16.1. The van der Waals surface area contributed by atoms with Crippen molar-refractivity contribution in [3.8, 4) is 11.5 Å². The van der Waals surface area contributed by atoms with E-state index in [4.69, 9.17) is 14.2 Å². The summed E-state index contributed by atoms with van der Waals surface area (Å²) in [6, 6.07) is 4.04. The van der Waals surface area contributed by atoms with E-state index in [9.17, 15) is 4.79 Å². The number of benzene rings is 1. The number of carbonyl (C=O) groups excluding carboxylic acids is 1. The standard InChI is InChI=1S/C20H30N2O4/c1-4-26-17-6-8-21(9-7-17)14-20(23)22-10-5-15-11-18(24-2)19(25-3)12-16(15)13-22/h11-12,17H,4-10,13-14H2,1-3H3. The minimum atomic E-state index is 0.209. The van der Waals surface area contributed by atoms with Gasteiger partial charge in [0, 0.05) is 32.8 Å². The number of fused-ring (bicyclic) bond motifs is 1. The SMILES string of the molecule is CCOC1CCN(CC(=O)N2CCc3cc(OC)c(OC)cc3C2)CC1. The Morgan fingerprint density at radius 3 is 2.35 bits per heavy atom. The van der Waals surface area contributed by atoms with Gasteiger partial charge in [-0.1, -0.05) is 0 Å². The maximum absolute atomic E-state index is 12.8. The van der Waals surface area contributed by atoms with Crippen molar-refractivity contribution in [2.24, 2.45) is 0 Å². The molecule has 0 N–H and O–H groups in total. The molecule has 1 saturated heterocycles. The summed E-state index contributed by atoms with van der Waals surface area (Å²) in [5.41, 5.74) is 2.39. The zero-order chi connectivity index (χ0) is 18.5. The minimum Gasteiger partial charge on any atom is -0.493 e. The number of hydrogen-bond acceptors (Lipinski definition) is 5. The third-order valence-electron chi connectivity index (χ3n) is 5.37. The van der Waals surface area contributed by atoms with Crippen molar-refractivity contribution in [1.82, 2.24) is 9.80 Å². The first-order chi connectivity index (χ1) is 12.6. The van der Waals surface area contributed by atoms with Gasteiger partial charge in [-0.2, -0.15) is 0 Å². The number of piperidine rings is 1. The summed E-state index contributed by atoms with van der Waals surface area (Å²) >= 11 is 0. The topological polar surface area (TPSA) is 51.2 Å². The highest BCUT2D eigenvalue weighted by atomic mass is 16.5. The maximum Gasteiger partial charge on any atom is 0.237 e. The van der Waals surface area contributed by atoms with E-state index in [0.29, 0.717) is 19.2 Å². The Morgan fingerprint density at radius 2 is 1.73 bits per heavy atom. The molecule has 0 aromatic heterocycles. The molecule has 0 spiro atoms. The lowest BCUT2D eigenvalue weighted by Crippen LogP contribution is -2.46. The van der Waals surface area contributed by atoms with Gasteiger partial charge in [0.2, 0.25) is 5.91 Å². The normalized spacial score (nSPS) is 18.5. The van der Waals surface area contributed by atoms with Crippen molar-refractivity contribution in [1.29, 1.82) is 0 Å². The van der Waals surface area contributed by atoms with Gasteiger partial charge in [-0.05, 0) is 49.4 Å². The molecule has 1 amide bonds. The smallest absolute Gasteiger partial charge is 0.237 e. The molecular formula is C20H30N2O4. The van der Waals surface area contributed by atoms with Crippen LogP contribution in [0.2, 0.25) is 0 Å². The first-order valence-electron chi connectivity index (χ1n) is 9.50. The second-order valence-electron chi connectivity index (χ2n) is 6.97. The molecular weight excluding hydrogens is 332 g/mol. The third kappa shape index (κ3) is 4.30. The van der Waals surface area contributed by atoms with Gasteiger partial charge in [-0.3, -0.25) is 9.69 Å². The molecule has 6 heteroatoms. The second kappa shape index (κ2) is 8.73. The molecule has 0 radical (unpaired) electrons. The van der Waals surface area contributed by atoms with Crippen molar-refractivity contribution in [3.63, 3.8) is 0 Å². The number of methoxy groups -OCH3 is 2. The highest BCUT2D eigenvalue weighted by Gasteiger charge is 2.26. The van der Waals surface area contributed by atoms with Crippen LogP contribution in [0, 0.1) is 0 Å². The van der Waals surface area contributed by atoms with Crippen molar-refractivity contribution in [3.05, 3.63) is 23.3 Å². The van der Waals surface area contributed by atoms with Crippen LogP contribution in [-0.4, -0.2) is 68.8 Å². The Bertz CT molecular complexity index is 626. The molecule has 0 saturated carbocycles. The largest absolute Gasteiger partial charge is 0.493 e. The molecule has 6 nitrogen and oxygen atoms in total. The predicted molar refractivity (Wildman–Crippen MR) is 99.8 cm³/mol. The van der Waals surface area contributed by atoms with Gasteiger partial charge in [-0.25, -0.2) is 0 Å². The van der Waals surface area contributed by atoms with Crippen LogP contribution in [0.3, 0.4) is 0 Å². The predicted octanol–water partition coefficient (Wildman–Crippen LogP) is 2.09. The van der Waals surface area contributed by atoms with Crippen molar-refractivity contribution in [2.45, 2.75) is 38.8 Å². The number of nitrogens with zero attached hydrogens (tertiary/aromatic N) is 2. The van der Waals surface area contributed by atoms with Crippen LogP contribution in [0.15, 0.2) is 12.1 Å². The van der Waals surface area contributed by atoms with Crippen molar-refractivity contribution < 1.29 is 19.0 Å². The fourth-order valence-electron chi connectivity index (χ4n) is 3.86. The molecule has 1 aromatic rings. The molecule has 2 aliphatic rings. The summed E-state index contributed by atoms with van der Waals surface area (Å²) < 4.78 is 16.5. The van der Waals surface area contributed by atoms with Crippen molar-refractivity contribution in [2.75, 3.05) is 47.0 Å². The quantitative estimate of drug-likeness (QED) is 0.776.